The largest absolute Gasteiger partial charge is 0.466 e. The van der Waals surface area contributed by atoms with Gasteiger partial charge in [-0.05, 0) is 25.7 Å². The monoisotopic (exact) mass is 1120 g/mol. The van der Waals surface area contributed by atoms with E-state index >= 15 is 0 Å². The molecule has 0 radical (unpaired) electrons. The minimum atomic E-state index is -0.663. The second-order valence-corrected chi connectivity index (χ2v) is 25.6. The van der Waals surface area contributed by atoms with E-state index in [0.717, 1.165) is 38.5 Å². The van der Waals surface area contributed by atoms with Crippen LogP contribution < -0.4 is 5.32 Å². The van der Waals surface area contributed by atoms with Crippen molar-refractivity contribution in [2.24, 2.45) is 0 Å². The number of aliphatic hydroxyl groups is 2. The summed E-state index contributed by atoms with van der Waals surface area (Å²) in [6.45, 7) is 5.01. The van der Waals surface area contributed by atoms with Gasteiger partial charge in [-0.3, -0.25) is 9.59 Å². The van der Waals surface area contributed by atoms with E-state index in [0.29, 0.717) is 25.9 Å². The maximum Gasteiger partial charge on any atom is 0.305 e. The van der Waals surface area contributed by atoms with Gasteiger partial charge in [-0.1, -0.05) is 393 Å². The van der Waals surface area contributed by atoms with E-state index in [4.69, 9.17) is 4.74 Å². The van der Waals surface area contributed by atoms with Gasteiger partial charge in [0.1, 0.15) is 0 Å². The molecule has 0 bridgehead atoms. The van der Waals surface area contributed by atoms with Crippen LogP contribution in [0.25, 0.3) is 0 Å². The molecule has 0 aliphatic rings. The van der Waals surface area contributed by atoms with Crippen molar-refractivity contribution in [3.05, 3.63) is 0 Å². The minimum absolute atomic E-state index is 0.0203. The van der Waals surface area contributed by atoms with Gasteiger partial charge in [0.15, 0.2) is 0 Å². The fourth-order valence-corrected chi connectivity index (χ4v) is 12.1. The number of amides is 1. The van der Waals surface area contributed by atoms with E-state index in [1.807, 2.05) is 0 Å². The molecule has 0 rings (SSSR count). The van der Waals surface area contributed by atoms with Gasteiger partial charge in [0.25, 0.3) is 0 Å². The normalized spacial score (nSPS) is 12.4. The number of carbonyl (C=O) groups excluding carboxylic acids is 2. The number of nitrogens with one attached hydrogen (secondary N) is 1. The van der Waals surface area contributed by atoms with Crippen LogP contribution in [0.5, 0.6) is 0 Å². The molecule has 0 saturated heterocycles. The van der Waals surface area contributed by atoms with Crippen LogP contribution in [0.15, 0.2) is 0 Å². The lowest BCUT2D eigenvalue weighted by Gasteiger charge is -2.22. The van der Waals surface area contributed by atoms with Crippen LogP contribution in [0, 0.1) is 0 Å². The minimum Gasteiger partial charge on any atom is -0.466 e. The molecule has 0 heterocycles. The summed E-state index contributed by atoms with van der Waals surface area (Å²) in [6.07, 6.45) is 84.5. The smallest absolute Gasteiger partial charge is 0.305 e. The molecule has 0 aromatic carbocycles. The standard InChI is InChI=1S/C73H145NO5/c1-3-5-7-9-11-13-15-17-18-19-20-21-26-29-32-35-38-42-45-49-53-57-61-65-71(76)70(69-75)74-72(77)66-62-58-54-50-46-43-39-36-33-30-27-24-22-23-25-28-31-34-37-40-44-48-52-56-60-64-68-79-73(78)67-63-59-55-51-47-41-16-14-12-10-8-6-4-2/h70-71,75-76H,3-69H2,1-2H3,(H,74,77). The lowest BCUT2D eigenvalue weighted by Crippen LogP contribution is -2.45. The second kappa shape index (κ2) is 69.4. The number of aliphatic hydroxyl groups excluding tert-OH is 2. The number of unbranched alkanes of at least 4 members (excludes halogenated alkanes) is 59. The third-order valence-electron chi connectivity index (χ3n) is 17.7. The number of carbonyl (C=O) groups is 2. The average molecular weight is 1120 g/mol. The van der Waals surface area contributed by atoms with Crippen LogP contribution in [0.3, 0.4) is 0 Å². The first-order chi connectivity index (χ1) is 39.0. The Hall–Kier alpha value is -1.14. The molecule has 0 spiro atoms. The van der Waals surface area contributed by atoms with Crippen LogP contribution in [0.1, 0.15) is 431 Å². The highest BCUT2D eigenvalue weighted by atomic mass is 16.5. The zero-order valence-electron chi connectivity index (χ0n) is 54.2. The Balaban J connectivity index is 3.35. The molecule has 0 aliphatic heterocycles. The highest BCUT2D eigenvalue weighted by Gasteiger charge is 2.20. The maximum atomic E-state index is 12.6. The van der Waals surface area contributed by atoms with Crippen molar-refractivity contribution in [3.63, 3.8) is 0 Å². The topological polar surface area (TPSA) is 95.9 Å². The first-order valence-electron chi connectivity index (χ1n) is 36.8. The summed E-state index contributed by atoms with van der Waals surface area (Å²) in [5.74, 6) is -0.00635. The first-order valence-corrected chi connectivity index (χ1v) is 36.8. The average Bonchev–Trinajstić information content (AvgIpc) is 3.45. The van der Waals surface area contributed by atoms with Gasteiger partial charge in [-0.15, -0.1) is 0 Å². The van der Waals surface area contributed by atoms with E-state index in [9.17, 15) is 19.8 Å². The van der Waals surface area contributed by atoms with E-state index in [2.05, 4.69) is 19.2 Å². The van der Waals surface area contributed by atoms with Crippen LogP contribution >= 0.6 is 0 Å². The van der Waals surface area contributed by atoms with Crippen LogP contribution in [0.2, 0.25) is 0 Å². The van der Waals surface area contributed by atoms with E-state index in [-0.39, 0.29) is 18.5 Å². The second-order valence-electron chi connectivity index (χ2n) is 25.6. The third-order valence-corrected chi connectivity index (χ3v) is 17.7. The predicted molar refractivity (Wildman–Crippen MR) is 347 cm³/mol. The summed E-state index contributed by atoms with van der Waals surface area (Å²) in [5.41, 5.74) is 0. The lowest BCUT2D eigenvalue weighted by atomic mass is 10.0. The lowest BCUT2D eigenvalue weighted by molar-refractivity contribution is -0.143. The molecule has 0 aliphatic carbocycles. The van der Waals surface area contributed by atoms with Gasteiger partial charge in [0.2, 0.25) is 5.91 Å². The van der Waals surface area contributed by atoms with Gasteiger partial charge in [0.05, 0.1) is 25.4 Å². The molecule has 0 aromatic rings. The molecule has 0 fully saturated rings. The highest BCUT2D eigenvalue weighted by Crippen LogP contribution is 2.20. The molecule has 2 unspecified atom stereocenters. The summed E-state index contributed by atoms with van der Waals surface area (Å²) in [6, 6.07) is -0.540. The molecule has 79 heavy (non-hydrogen) atoms. The summed E-state index contributed by atoms with van der Waals surface area (Å²) < 4.78 is 5.49. The van der Waals surface area contributed by atoms with E-state index < -0.39 is 12.1 Å². The van der Waals surface area contributed by atoms with Crippen molar-refractivity contribution >= 4 is 11.9 Å². The Labute approximate surface area is 496 Å². The molecule has 472 valence electrons. The summed E-state index contributed by atoms with van der Waals surface area (Å²) in [7, 11) is 0. The van der Waals surface area contributed by atoms with Crippen molar-refractivity contribution in [1.82, 2.24) is 5.32 Å². The van der Waals surface area contributed by atoms with Crippen molar-refractivity contribution in [2.45, 2.75) is 443 Å². The molecule has 3 N–H and O–H groups in total. The Morgan fingerprint density at radius 2 is 0.519 bits per heavy atom. The Bertz CT molecular complexity index is 1150. The first kappa shape index (κ1) is 77.9. The fourth-order valence-electron chi connectivity index (χ4n) is 12.1. The summed E-state index contributed by atoms with van der Waals surface area (Å²) in [5, 5.41) is 23.5. The van der Waals surface area contributed by atoms with Crippen molar-refractivity contribution < 1.29 is 24.5 Å². The van der Waals surface area contributed by atoms with Crippen LogP contribution in [-0.4, -0.2) is 47.4 Å². The van der Waals surface area contributed by atoms with E-state index in [1.165, 1.54) is 360 Å². The predicted octanol–water partition coefficient (Wildman–Crippen LogP) is 23.8. The summed E-state index contributed by atoms with van der Waals surface area (Å²) in [4.78, 5) is 24.6. The van der Waals surface area contributed by atoms with Crippen molar-refractivity contribution in [3.8, 4) is 0 Å². The van der Waals surface area contributed by atoms with Crippen LogP contribution in [-0.2, 0) is 14.3 Å². The number of ether oxygens (including phenoxy) is 1. The van der Waals surface area contributed by atoms with Gasteiger partial charge in [-0.25, -0.2) is 0 Å². The molecular weight excluding hydrogens is 971 g/mol. The fraction of sp³-hybridized carbons (Fsp3) is 0.973. The van der Waals surface area contributed by atoms with Gasteiger partial charge >= 0.3 is 5.97 Å². The molecule has 0 aromatic heterocycles. The highest BCUT2D eigenvalue weighted by molar-refractivity contribution is 5.76. The zero-order valence-corrected chi connectivity index (χ0v) is 54.2. The number of rotatable bonds is 70. The molecule has 2 atom stereocenters. The molecule has 1 amide bonds. The SMILES string of the molecule is CCCCCCCCCCCCCCCCCCCCCCCCCC(O)C(CO)NC(=O)CCCCCCCCCCCCCCCCCCCCCCCCCCCCOC(=O)CCCCCCCCCCCCCCC. The molecule has 0 saturated carbocycles. The Morgan fingerprint density at radius 3 is 0.772 bits per heavy atom. The van der Waals surface area contributed by atoms with Gasteiger partial charge in [0, 0.05) is 12.8 Å². The quantitative estimate of drug-likeness (QED) is 0.0417. The molecular formula is C73H145NO5. The van der Waals surface area contributed by atoms with Gasteiger partial charge in [-0.2, -0.15) is 0 Å². The van der Waals surface area contributed by atoms with Crippen LogP contribution in [0.4, 0.5) is 0 Å². The maximum absolute atomic E-state index is 12.6. The van der Waals surface area contributed by atoms with Crippen molar-refractivity contribution in [2.75, 3.05) is 13.2 Å². The number of hydrogen-bond donors (Lipinski definition) is 3. The third kappa shape index (κ3) is 65.9. The molecule has 6 heteroatoms. The zero-order chi connectivity index (χ0) is 57.1. The number of hydrogen-bond acceptors (Lipinski definition) is 5. The van der Waals surface area contributed by atoms with E-state index in [1.54, 1.807) is 0 Å². The molecule has 6 nitrogen and oxygen atoms in total. The number of esters is 1. The Morgan fingerprint density at radius 1 is 0.304 bits per heavy atom. The van der Waals surface area contributed by atoms with Crippen molar-refractivity contribution in [1.29, 1.82) is 0 Å². The van der Waals surface area contributed by atoms with Gasteiger partial charge < -0.3 is 20.3 Å². The summed E-state index contributed by atoms with van der Waals surface area (Å²) >= 11 is 0. The Kier molecular flexibility index (Phi) is 68.4.